The Balaban J connectivity index is 1.98. The van der Waals surface area contributed by atoms with Crippen molar-refractivity contribution in [3.05, 3.63) is 38.0 Å². The van der Waals surface area contributed by atoms with Crippen LogP contribution in [-0.4, -0.2) is 54.5 Å². The van der Waals surface area contributed by atoms with E-state index >= 15 is 0 Å². The first-order chi connectivity index (χ1) is 12.7. The molecule has 3 aliphatic rings. The number of carbonyl (C=O) groups is 1. The fourth-order valence-corrected chi connectivity index (χ4v) is 8.52. The van der Waals surface area contributed by atoms with Crippen LogP contribution in [0.4, 0.5) is 0 Å². The van der Waals surface area contributed by atoms with E-state index in [0.29, 0.717) is 25.4 Å². The van der Waals surface area contributed by atoms with Gasteiger partial charge in [-0.1, -0.05) is 32.1 Å². The lowest BCUT2D eigenvalue weighted by atomic mass is 9.69. The van der Waals surface area contributed by atoms with Crippen molar-refractivity contribution in [3.63, 3.8) is 0 Å². The summed E-state index contributed by atoms with van der Waals surface area (Å²) in [5.41, 5.74) is -0.345. The molecule has 1 aliphatic heterocycles. The maximum absolute atomic E-state index is 13.6. The average molecular weight is 393 g/mol. The van der Waals surface area contributed by atoms with Crippen LogP contribution in [0.25, 0.3) is 0 Å². The van der Waals surface area contributed by atoms with Crippen LogP contribution in [0.2, 0.25) is 0 Å². The molecular weight excluding hydrogens is 360 g/mol. The standard InChI is InChI=1S/C21H32N2O3S/c1-6-9-17(22(12-7-2)13-8-3)19(24)23-18-14-16-10-11-21(18,20(16,4)5)15-27(23,25)26/h6-8,16-18H,1-3,9-15H2,4-5H3/t16-,17+,18-,21-/m0/s1. The zero-order valence-corrected chi connectivity index (χ0v) is 17.4. The van der Waals surface area contributed by atoms with E-state index in [0.717, 1.165) is 19.3 Å². The summed E-state index contributed by atoms with van der Waals surface area (Å²) in [7, 11) is -3.62. The van der Waals surface area contributed by atoms with Gasteiger partial charge in [0.1, 0.15) is 0 Å². The molecule has 1 saturated heterocycles. The van der Waals surface area contributed by atoms with Gasteiger partial charge in [-0.3, -0.25) is 9.69 Å². The molecule has 2 aliphatic carbocycles. The molecule has 150 valence electrons. The number of fused-ring (bicyclic) bond motifs is 1. The summed E-state index contributed by atoms with van der Waals surface area (Å²) in [5, 5.41) is 0. The van der Waals surface area contributed by atoms with E-state index in [9.17, 15) is 13.2 Å². The highest BCUT2D eigenvalue weighted by Gasteiger charge is 2.72. The van der Waals surface area contributed by atoms with Gasteiger partial charge in [0.05, 0.1) is 17.8 Å². The number of hydrogen-bond acceptors (Lipinski definition) is 4. The molecule has 0 N–H and O–H groups in total. The number of hydrogen-bond donors (Lipinski definition) is 0. The number of amides is 1. The summed E-state index contributed by atoms with van der Waals surface area (Å²) in [4.78, 5) is 15.5. The Bertz CT molecular complexity index is 747. The number of carbonyl (C=O) groups excluding carboxylic acids is 1. The Kier molecular flexibility index (Phi) is 5.19. The summed E-state index contributed by atoms with van der Waals surface area (Å²) >= 11 is 0. The third-order valence-corrected chi connectivity index (χ3v) is 9.39. The van der Waals surface area contributed by atoms with Crippen molar-refractivity contribution >= 4 is 15.9 Å². The number of sulfonamides is 1. The molecule has 3 fully saturated rings. The van der Waals surface area contributed by atoms with Gasteiger partial charge in [-0.25, -0.2) is 12.7 Å². The maximum atomic E-state index is 13.6. The lowest BCUT2D eigenvalue weighted by Crippen LogP contribution is -2.52. The lowest BCUT2D eigenvalue weighted by molar-refractivity contribution is -0.134. The summed E-state index contributed by atoms with van der Waals surface area (Å²) in [6.07, 6.45) is 8.30. The second-order valence-corrected chi connectivity index (χ2v) is 10.7. The molecule has 2 bridgehead atoms. The molecule has 0 aromatic heterocycles. The van der Waals surface area contributed by atoms with Gasteiger partial charge < -0.3 is 0 Å². The molecule has 0 aromatic rings. The SMILES string of the molecule is C=CC[C@H](C(=O)N1[C@H]2C[C@@H]3CC[C@@]2(CS1(=O)=O)C3(C)C)N(CC=C)CC=C. The van der Waals surface area contributed by atoms with Crippen LogP contribution in [0.5, 0.6) is 0 Å². The molecule has 1 amide bonds. The Morgan fingerprint density at radius 2 is 1.85 bits per heavy atom. The van der Waals surface area contributed by atoms with Crippen molar-refractivity contribution in [3.8, 4) is 0 Å². The van der Waals surface area contributed by atoms with Gasteiger partial charge in [-0.05, 0) is 37.0 Å². The molecule has 1 spiro atoms. The molecule has 0 aromatic carbocycles. The number of rotatable bonds is 8. The van der Waals surface area contributed by atoms with E-state index in [1.165, 1.54) is 4.31 Å². The van der Waals surface area contributed by atoms with E-state index in [-0.39, 0.29) is 28.5 Å². The molecule has 27 heavy (non-hydrogen) atoms. The van der Waals surface area contributed by atoms with Crippen molar-refractivity contribution in [2.45, 2.75) is 51.6 Å². The highest BCUT2D eigenvalue weighted by Crippen LogP contribution is 2.70. The Hall–Kier alpha value is -1.40. The minimum Gasteiger partial charge on any atom is -0.284 e. The maximum Gasteiger partial charge on any atom is 0.254 e. The predicted molar refractivity (Wildman–Crippen MR) is 109 cm³/mol. The van der Waals surface area contributed by atoms with Crippen LogP contribution < -0.4 is 0 Å². The van der Waals surface area contributed by atoms with E-state index in [1.54, 1.807) is 18.2 Å². The van der Waals surface area contributed by atoms with Crippen LogP contribution in [0.1, 0.15) is 39.5 Å². The molecule has 3 rings (SSSR count). The zero-order valence-electron chi connectivity index (χ0n) is 16.6. The highest BCUT2D eigenvalue weighted by molar-refractivity contribution is 7.90. The Morgan fingerprint density at radius 3 is 2.37 bits per heavy atom. The fourth-order valence-electron chi connectivity index (χ4n) is 5.95. The third kappa shape index (κ3) is 2.83. The topological polar surface area (TPSA) is 57.7 Å². The Morgan fingerprint density at radius 1 is 1.22 bits per heavy atom. The van der Waals surface area contributed by atoms with Crippen LogP contribution in [-0.2, 0) is 14.8 Å². The third-order valence-electron chi connectivity index (χ3n) is 7.47. The van der Waals surface area contributed by atoms with E-state index in [2.05, 4.69) is 33.6 Å². The molecule has 0 unspecified atom stereocenters. The van der Waals surface area contributed by atoms with Crippen molar-refractivity contribution in [2.75, 3.05) is 18.8 Å². The summed E-state index contributed by atoms with van der Waals surface area (Å²) in [6.45, 7) is 16.7. The van der Waals surface area contributed by atoms with Gasteiger partial charge in [0.2, 0.25) is 10.0 Å². The molecule has 0 radical (unpaired) electrons. The lowest BCUT2D eigenvalue weighted by Gasteiger charge is -2.38. The minimum absolute atomic E-state index is 0.0460. The monoisotopic (exact) mass is 392 g/mol. The molecule has 1 heterocycles. The van der Waals surface area contributed by atoms with Gasteiger partial charge >= 0.3 is 0 Å². The largest absolute Gasteiger partial charge is 0.284 e. The second kappa shape index (κ2) is 6.89. The van der Waals surface area contributed by atoms with Crippen molar-refractivity contribution in [1.82, 2.24) is 9.21 Å². The summed E-state index contributed by atoms with van der Waals surface area (Å²) in [5.74, 6) is 0.274. The van der Waals surface area contributed by atoms with Crippen LogP contribution in [0, 0.1) is 16.7 Å². The van der Waals surface area contributed by atoms with E-state index in [4.69, 9.17) is 0 Å². The van der Waals surface area contributed by atoms with Gasteiger partial charge in [0, 0.05) is 18.5 Å². The van der Waals surface area contributed by atoms with E-state index < -0.39 is 16.1 Å². The van der Waals surface area contributed by atoms with Crippen LogP contribution in [0.3, 0.4) is 0 Å². The highest BCUT2D eigenvalue weighted by atomic mass is 32.2. The summed E-state index contributed by atoms with van der Waals surface area (Å²) < 4.78 is 27.6. The van der Waals surface area contributed by atoms with Crippen LogP contribution in [0.15, 0.2) is 38.0 Å². The normalized spacial score (nSPS) is 33.7. The molecule has 6 heteroatoms. The van der Waals surface area contributed by atoms with Gasteiger partial charge in [0.25, 0.3) is 5.91 Å². The van der Waals surface area contributed by atoms with E-state index in [1.807, 2.05) is 4.90 Å². The first-order valence-electron chi connectivity index (χ1n) is 9.79. The number of nitrogens with zero attached hydrogens (tertiary/aromatic N) is 2. The molecular formula is C21H32N2O3S. The average Bonchev–Trinajstić information content (AvgIpc) is 3.06. The zero-order chi connectivity index (χ0) is 20.0. The minimum atomic E-state index is -3.62. The fraction of sp³-hybridized carbons (Fsp3) is 0.667. The van der Waals surface area contributed by atoms with Gasteiger partial charge in [0.15, 0.2) is 0 Å². The van der Waals surface area contributed by atoms with Crippen molar-refractivity contribution in [2.24, 2.45) is 16.7 Å². The quantitative estimate of drug-likeness (QED) is 0.596. The smallest absolute Gasteiger partial charge is 0.254 e. The summed E-state index contributed by atoms with van der Waals surface area (Å²) in [6, 6.07) is -0.768. The van der Waals surface area contributed by atoms with Gasteiger partial charge in [-0.15, -0.1) is 19.7 Å². The first-order valence-corrected chi connectivity index (χ1v) is 11.4. The molecule has 2 saturated carbocycles. The van der Waals surface area contributed by atoms with Crippen molar-refractivity contribution < 1.29 is 13.2 Å². The molecule has 4 atom stereocenters. The van der Waals surface area contributed by atoms with Crippen LogP contribution >= 0.6 is 0 Å². The first kappa shape index (κ1) is 20.3. The van der Waals surface area contributed by atoms with Gasteiger partial charge in [-0.2, -0.15) is 0 Å². The molecule has 5 nitrogen and oxygen atoms in total. The van der Waals surface area contributed by atoms with Crippen molar-refractivity contribution in [1.29, 1.82) is 0 Å². The predicted octanol–water partition coefficient (Wildman–Crippen LogP) is 2.97. The second-order valence-electron chi connectivity index (χ2n) is 8.83. The Labute approximate surface area is 163 Å².